The number of amidine groups is 1. The summed E-state index contributed by atoms with van der Waals surface area (Å²) in [6.07, 6.45) is 1.39. The van der Waals surface area contributed by atoms with E-state index >= 15 is 0 Å². The Hall–Kier alpha value is -2.64. The van der Waals surface area contributed by atoms with E-state index < -0.39 is 4.92 Å². The predicted molar refractivity (Wildman–Crippen MR) is 100 cm³/mol. The van der Waals surface area contributed by atoms with Crippen LogP contribution in [-0.4, -0.2) is 44.8 Å². The molecule has 2 aromatic rings. The Morgan fingerprint density at radius 3 is 2.65 bits per heavy atom. The third-order valence-corrected chi connectivity index (χ3v) is 4.85. The molecule has 140 valence electrons. The van der Waals surface area contributed by atoms with E-state index in [1.807, 2.05) is 25.7 Å². The van der Waals surface area contributed by atoms with Crippen molar-refractivity contribution in [2.24, 2.45) is 0 Å². The minimum absolute atomic E-state index is 0.0457. The fourth-order valence-corrected chi connectivity index (χ4v) is 3.34. The standard InChI is InChI=1S/C18H25N5O3/c1-10(2)18-20-15-11(3)9-14(17(23(24)25)16(15)21-18)26-13-5-7-22(8-6-13)12(4)19/h9-10,13,19H,5-8H2,1-4H3,(H,20,21). The second-order valence-electron chi connectivity index (χ2n) is 7.19. The van der Waals surface area contributed by atoms with Crippen molar-refractivity contribution in [2.45, 2.75) is 52.6 Å². The Labute approximate surface area is 152 Å². The lowest BCUT2D eigenvalue weighted by atomic mass is 10.1. The molecule has 26 heavy (non-hydrogen) atoms. The van der Waals surface area contributed by atoms with Crippen LogP contribution < -0.4 is 4.74 Å². The first-order valence-corrected chi connectivity index (χ1v) is 8.92. The molecule has 0 amide bonds. The summed E-state index contributed by atoms with van der Waals surface area (Å²) < 4.78 is 6.05. The van der Waals surface area contributed by atoms with Gasteiger partial charge < -0.3 is 14.6 Å². The van der Waals surface area contributed by atoms with Crippen molar-refractivity contribution >= 4 is 22.6 Å². The molecule has 1 aromatic carbocycles. The van der Waals surface area contributed by atoms with Crippen molar-refractivity contribution in [2.75, 3.05) is 13.1 Å². The van der Waals surface area contributed by atoms with Crippen molar-refractivity contribution in [3.05, 3.63) is 27.6 Å². The highest BCUT2D eigenvalue weighted by molar-refractivity contribution is 5.90. The fraction of sp³-hybridized carbons (Fsp3) is 0.556. The number of nitro groups is 1. The van der Waals surface area contributed by atoms with Gasteiger partial charge in [-0.3, -0.25) is 15.5 Å². The largest absolute Gasteiger partial charge is 0.483 e. The number of nitrogens with one attached hydrogen (secondary N) is 2. The summed E-state index contributed by atoms with van der Waals surface area (Å²) in [6, 6.07) is 1.72. The number of aromatic amines is 1. The van der Waals surface area contributed by atoms with Crippen LogP contribution in [0.15, 0.2) is 6.07 Å². The molecule has 1 aliphatic heterocycles. The van der Waals surface area contributed by atoms with Gasteiger partial charge in [-0.1, -0.05) is 13.8 Å². The maximum atomic E-state index is 11.8. The number of piperidine rings is 1. The zero-order valence-electron chi connectivity index (χ0n) is 15.6. The number of hydrogen-bond acceptors (Lipinski definition) is 5. The van der Waals surface area contributed by atoms with Crippen LogP contribution in [0.1, 0.15) is 50.9 Å². The second-order valence-corrected chi connectivity index (χ2v) is 7.19. The first-order valence-electron chi connectivity index (χ1n) is 8.92. The third kappa shape index (κ3) is 3.36. The van der Waals surface area contributed by atoms with Gasteiger partial charge in [0.25, 0.3) is 0 Å². The van der Waals surface area contributed by atoms with Crippen molar-refractivity contribution in [3.63, 3.8) is 0 Å². The van der Waals surface area contributed by atoms with Gasteiger partial charge in [0.1, 0.15) is 17.4 Å². The van der Waals surface area contributed by atoms with E-state index in [-0.39, 0.29) is 17.7 Å². The van der Waals surface area contributed by atoms with Crippen LogP contribution in [0.2, 0.25) is 0 Å². The molecule has 3 rings (SSSR count). The van der Waals surface area contributed by atoms with Crippen LogP contribution >= 0.6 is 0 Å². The minimum atomic E-state index is -0.393. The topological polar surface area (TPSA) is 108 Å². The lowest BCUT2D eigenvalue weighted by molar-refractivity contribution is -0.384. The Morgan fingerprint density at radius 2 is 2.12 bits per heavy atom. The summed E-state index contributed by atoms with van der Waals surface area (Å²) >= 11 is 0. The molecule has 0 atom stereocenters. The molecular weight excluding hydrogens is 334 g/mol. The Bertz CT molecular complexity index is 850. The number of fused-ring (bicyclic) bond motifs is 1. The number of likely N-dealkylation sites (tertiary alicyclic amines) is 1. The van der Waals surface area contributed by atoms with Crippen molar-refractivity contribution in [3.8, 4) is 5.75 Å². The van der Waals surface area contributed by atoms with E-state index in [1.54, 1.807) is 13.0 Å². The molecule has 8 heteroatoms. The van der Waals surface area contributed by atoms with Gasteiger partial charge in [0.2, 0.25) is 0 Å². The zero-order valence-corrected chi connectivity index (χ0v) is 15.6. The van der Waals surface area contributed by atoms with Gasteiger partial charge >= 0.3 is 5.69 Å². The number of aromatic nitrogens is 2. The zero-order chi connectivity index (χ0) is 19.0. The number of hydrogen-bond donors (Lipinski definition) is 2. The monoisotopic (exact) mass is 359 g/mol. The van der Waals surface area contributed by atoms with Gasteiger partial charge in [-0.25, -0.2) is 4.98 Å². The average molecular weight is 359 g/mol. The van der Waals surface area contributed by atoms with E-state index in [1.165, 1.54) is 0 Å². The molecule has 1 aromatic heterocycles. The van der Waals surface area contributed by atoms with Crippen LogP contribution in [0.3, 0.4) is 0 Å². The Morgan fingerprint density at radius 1 is 1.46 bits per heavy atom. The average Bonchev–Trinajstić information content (AvgIpc) is 3.01. The van der Waals surface area contributed by atoms with Crippen LogP contribution in [0.4, 0.5) is 5.69 Å². The molecule has 0 aliphatic carbocycles. The summed E-state index contributed by atoms with van der Waals surface area (Å²) in [6.45, 7) is 9.12. The lowest BCUT2D eigenvalue weighted by Gasteiger charge is -2.32. The third-order valence-electron chi connectivity index (χ3n) is 4.85. The van der Waals surface area contributed by atoms with Crippen LogP contribution in [0.5, 0.6) is 5.75 Å². The maximum absolute atomic E-state index is 11.8. The highest BCUT2D eigenvalue weighted by Gasteiger charge is 2.28. The molecule has 0 unspecified atom stereocenters. The predicted octanol–water partition coefficient (Wildman–Crippen LogP) is 3.74. The number of ether oxygens (including phenoxy) is 1. The molecule has 8 nitrogen and oxygen atoms in total. The summed E-state index contributed by atoms with van der Waals surface area (Å²) in [5, 5.41) is 19.5. The van der Waals surface area contributed by atoms with E-state index in [0.717, 1.165) is 37.3 Å². The van der Waals surface area contributed by atoms with Crippen molar-refractivity contribution in [1.29, 1.82) is 5.41 Å². The normalized spacial score (nSPS) is 15.7. The summed E-state index contributed by atoms with van der Waals surface area (Å²) in [5.74, 6) is 1.73. The highest BCUT2D eigenvalue weighted by Crippen LogP contribution is 2.38. The summed E-state index contributed by atoms with van der Waals surface area (Å²) in [4.78, 5) is 21.0. The molecule has 0 saturated carbocycles. The van der Waals surface area contributed by atoms with Gasteiger partial charge in [0.05, 0.1) is 16.3 Å². The maximum Gasteiger partial charge on any atom is 0.336 e. The minimum Gasteiger partial charge on any atom is -0.483 e. The Kier molecular flexibility index (Phi) is 4.84. The summed E-state index contributed by atoms with van der Waals surface area (Å²) in [5.41, 5.74) is 1.87. The SMILES string of the molecule is CC(=N)N1CCC(Oc2cc(C)c3nc(C(C)C)[nH]c3c2[N+](=O)[O-])CC1. The van der Waals surface area contributed by atoms with E-state index in [9.17, 15) is 10.1 Å². The number of imidazole rings is 1. The number of aryl methyl sites for hydroxylation is 1. The van der Waals surface area contributed by atoms with Gasteiger partial charge in [0.15, 0.2) is 5.75 Å². The first-order chi connectivity index (χ1) is 12.3. The molecule has 2 N–H and O–H groups in total. The van der Waals surface area contributed by atoms with Crippen LogP contribution in [-0.2, 0) is 0 Å². The lowest BCUT2D eigenvalue weighted by Crippen LogP contribution is -2.40. The van der Waals surface area contributed by atoms with Gasteiger partial charge in [-0.15, -0.1) is 0 Å². The molecule has 0 spiro atoms. The molecule has 1 fully saturated rings. The van der Waals surface area contributed by atoms with Crippen LogP contribution in [0, 0.1) is 22.4 Å². The second kappa shape index (κ2) is 6.93. The fourth-order valence-electron chi connectivity index (χ4n) is 3.34. The summed E-state index contributed by atoms with van der Waals surface area (Å²) in [7, 11) is 0. The van der Waals surface area contributed by atoms with Crippen LogP contribution in [0.25, 0.3) is 11.0 Å². The molecular formula is C18H25N5O3. The molecule has 1 aliphatic rings. The number of nitro benzene ring substituents is 1. The number of nitrogens with zero attached hydrogens (tertiary/aromatic N) is 3. The number of H-pyrrole nitrogens is 1. The smallest absolute Gasteiger partial charge is 0.336 e. The molecule has 0 bridgehead atoms. The van der Waals surface area contributed by atoms with E-state index in [0.29, 0.717) is 22.6 Å². The van der Waals surface area contributed by atoms with Crippen molar-refractivity contribution < 1.29 is 9.66 Å². The van der Waals surface area contributed by atoms with Gasteiger partial charge in [0, 0.05) is 31.8 Å². The van der Waals surface area contributed by atoms with Gasteiger partial charge in [-0.05, 0) is 25.5 Å². The molecule has 1 saturated heterocycles. The number of benzene rings is 1. The van der Waals surface area contributed by atoms with Crippen molar-refractivity contribution in [1.82, 2.24) is 14.9 Å². The number of rotatable bonds is 4. The van der Waals surface area contributed by atoms with E-state index in [4.69, 9.17) is 10.1 Å². The van der Waals surface area contributed by atoms with Gasteiger partial charge in [-0.2, -0.15) is 0 Å². The quantitative estimate of drug-likeness (QED) is 0.374. The molecule has 2 heterocycles. The Balaban J connectivity index is 1.94. The molecule has 0 radical (unpaired) electrons. The highest BCUT2D eigenvalue weighted by atomic mass is 16.6. The van der Waals surface area contributed by atoms with E-state index in [2.05, 4.69) is 9.97 Å². The first kappa shape index (κ1) is 18.2.